The Hall–Kier alpha value is -3.08. The molecule has 0 radical (unpaired) electrons. The molecular formula is C26H30N2O3. The molecule has 4 rings (SSSR count). The highest BCUT2D eigenvalue weighted by molar-refractivity contribution is 6.35. The fraction of sp³-hybridized carbons (Fsp3) is 0.385. The number of carbonyl (C=O) groups is 2. The average Bonchev–Trinajstić information content (AvgIpc) is 3.04. The number of nitrogens with zero attached hydrogens (tertiary/aromatic N) is 2. The molecule has 2 heterocycles. The largest absolute Gasteiger partial charge is 0.494 e. The van der Waals surface area contributed by atoms with E-state index in [-0.39, 0.29) is 18.4 Å². The van der Waals surface area contributed by atoms with Gasteiger partial charge in [0.05, 0.1) is 18.7 Å². The van der Waals surface area contributed by atoms with E-state index in [4.69, 9.17) is 4.74 Å². The summed E-state index contributed by atoms with van der Waals surface area (Å²) < 4.78 is 5.69. The molecule has 5 nitrogen and oxygen atoms in total. The van der Waals surface area contributed by atoms with Crippen molar-refractivity contribution in [3.8, 4) is 5.75 Å². The number of ether oxygens (including phenoxy) is 1. The lowest BCUT2D eigenvalue weighted by molar-refractivity contribution is -0.138. The van der Waals surface area contributed by atoms with Crippen molar-refractivity contribution in [2.75, 3.05) is 19.7 Å². The predicted octanol–water partition coefficient (Wildman–Crippen LogP) is 4.49. The number of hydrogen-bond acceptors (Lipinski definition) is 4. The standard InChI is InChI=1S/C26H30N2O3/c1-3-17-31-22-11-9-21(10-12-22)23-24(27-15-13-19(2)14-16-27)26(30)28(25(23)29)18-20-7-5-4-6-8-20/h4-12,19H,3,13-18H2,1-2H3. The first-order valence-corrected chi connectivity index (χ1v) is 11.2. The van der Waals surface area contributed by atoms with Gasteiger partial charge in [-0.2, -0.15) is 0 Å². The van der Waals surface area contributed by atoms with Gasteiger partial charge in [-0.3, -0.25) is 14.5 Å². The first-order chi connectivity index (χ1) is 15.1. The summed E-state index contributed by atoms with van der Waals surface area (Å²) in [7, 11) is 0. The topological polar surface area (TPSA) is 49.9 Å². The van der Waals surface area contributed by atoms with Crippen LogP contribution in [0.5, 0.6) is 5.75 Å². The van der Waals surface area contributed by atoms with Gasteiger partial charge in [0.15, 0.2) is 0 Å². The van der Waals surface area contributed by atoms with E-state index in [0.717, 1.165) is 49.2 Å². The summed E-state index contributed by atoms with van der Waals surface area (Å²) in [5, 5.41) is 0. The van der Waals surface area contributed by atoms with Crippen LogP contribution in [0.15, 0.2) is 60.3 Å². The van der Waals surface area contributed by atoms with Crippen LogP contribution in [0.1, 0.15) is 44.2 Å². The third-order valence-corrected chi connectivity index (χ3v) is 6.04. The second-order valence-corrected chi connectivity index (χ2v) is 8.45. The summed E-state index contributed by atoms with van der Waals surface area (Å²) >= 11 is 0. The molecule has 0 atom stereocenters. The van der Waals surface area contributed by atoms with Crippen LogP contribution < -0.4 is 4.74 Å². The van der Waals surface area contributed by atoms with Crippen LogP contribution in [0, 0.1) is 5.92 Å². The van der Waals surface area contributed by atoms with Crippen LogP contribution in [0.25, 0.3) is 5.57 Å². The molecule has 2 aliphatic rings. The molecule has 1 fully saturated rings. The van der Waals surface area contributed by atoms with Crippen LogP contribution in [0.2, 0.25) is 0 Å². The van der Waals surface area contributed by atoms with Crippen molar-refractivity contribution in [3.63, 3.8) is 0 Å². The normalized spacial score (nSPS) is 17.6. The monoisotopic (exact) mass is 418 g/mol. The smallest absolute Gasteiger partial charge is 0.278 e. The minimum atomic E-state index is -0.218. The van der Waals surface area contributed by atoms with Gasteiger partial charge in [-0.15, -0.1) is 0 Å². The first-order valence-electron chi connectivity index (χ1n) is 11.2. The Morgan fingerprint density at radius 1 is 0.935 bits per heavy atom. The molecule has 0 spiro atoms. The van der Waals surface area contributed by atoms with Crippen molar-refractivity contribution >= 4 is 17.4 Å². The number of benzene rings is 2. The van der Waals surface area contributed by atoms with Crippen molar-refractivity contribution in [1.29, 1.82) is 0 Å². The number of carbonyl (C=O) groups excluding carboxylic acids is 2. The molecule has 0 aromatic heterocycles. The lowest BCUT2D eigenvalue weighted by Crippen LogP contribution is -2.38. The summed E-state index contributed by atoms with van der Waals surface area (Å²) in [6.07, 6.45) is 2.99. The molecule has 0 bridgehead atoms. The number of rotatable bonds is 7. The van der Waals surface area contributed by atoms with Gasteiger partial charge in [0.1, 0.15) is 11.4 Å². The van der Waals surface area contributed by atoms with Gasteiger partial charge in [-0.05, 0) is 48.4 Å². The van der Waals surface area contributed by atoms with Gasteiger partial charge in [0.25, 0.3) is 11.8 Å². The fourth-order valence-corrected chi connectivity index (χ4v) is 4.20. The van der Waals surface area contributed by atoms with Gasteiger partial charge < -0.3 is 9.64 Å². The summed E-state index contributed by atoms with van der Waals surface area (Å²) in [6, 6.07) is 17.2. The van der Waals surface area contributed by atoms with E-state index in [9.17, 15) is 9.59 Å². The molecule has 2 aromatic carbocycles. The molecule has 0 N–H and O–H groups in total. The van der Waals surface area contributed by atoms with E-state index in [1.54, 1.807) is 0 Å². The highest BCUT2D eigenvalue weighted by Crippen LogP contribution is 2.35. The molecule has 31 heavy (non-hydrogen) atoms. The molecule has 162 valence electrons. The zero-order valence-electron chi connectivity index (χ0n) is 18.3. The first kappa shape index (κ1) is 21.2. The Labute approximate surface area is 184 Å². The number of piperidine rings is 1. The summed E-state index contributed by atoms with van der Waals surface area (Å²) in [6.45, 7) is 6.85. The Morgan fingerprint density at radius 2 is 1.61 bits per heavy atom. The number of hydrogen-bond donors (Lipinski definition) is 0. The zero-order chi connectivity index (χ0) is 21.8. The number of likely N-dealkylation sites (tertiary alicyclic amines) is 1. The Balaban J connectivity index is 1.67. The number of imide groups is 1. The number of amides is 2. The third-order valence-electron chi connectivity index (χ3n) is 6.04. The molecule has 2 amide bonds. The molecule has 0 aliphatic carbocycles. The van der Waals surface area contributed by atoms with Gasteiger partial charge in [-0.25, -0.2) is 0 Å². The van der Waals surface area contributed by atoms with Crippen molar-refractivity contribution in [3.05, 3.63) is 71.4 Å². The van der Waals surface area contributed by atoms with Crippen LogP contribution >= 0.6 is 0 Å². The Morgan fingerprint density at radius 3 is 2.26 bits per heavy atom. The second kappa shape index (κ2) is 9.38. The van der Waals surface area contributed by atoms with E-state index in [1.165, 1.54) is 4.90 Å². The summed E-state index contributed by atoms with van der Waals surface area (Å²) in [5.74, 6) is 1.01. The van der Waals surface area contributed by atoms with Crippen LogP contribution in [0.3, 0.4) is 0 Å². The lowest BCUT2D eigenvalue weighted by atomic mass is 9.97. The Kier molecular flexibility index (Phi) is 6.40. The maximum Gasteiger partial charge on any atom is 0.278 e. The zero-order valence-corrected chi connectivity index (χ0v) is 18.3. The van der Waals surface area contributed by atoms with Gasteiger partial charge in [-0.1, -0.05) is 56.3 Å². The maximum atomic E-state index is 13.5. The van der Waals surface area contributed by atoms with Crippen molar-refractivity contribution in [1.82, 2.24) is 9.80 Å². The van der Waals surface area contributed by atoms with Crippen LogP contribution in [0.4, 0.5) is 0 Å². The SMILES string of the molecule is CCCOc1ccc(C2=C(N3CCC(C)CC3)C(=O)N(Cc3ccccc3)C2=O)cc1. The predicted molar refractivity (Wildman–Crippen MR) is 121 cm³/mol. The molecule has 0 unspecified atom stereocenters. The van der Waals surface area contributed by atoms with Crippen LogP contribution in [-0.2, 0) is 16.1 Å². The third kappa shape index (κ3) is 4.50. The van der Waals surface area contributed by atoms with E-state index >= 15 is 0 Å². The van der Waals surface area contributed by atoms with E-state index < -0.39 is 0 Å². The summed E-state index contributed by atoms with van der Waals surface area (Å²) in [5.41, 5.74) is 2.78. The van der Waals surface area contributed by atoms with Crippen LogP contribution in [-0.4, -0.2) is 41.3 Å². The summed E-state index contributed by atoms with van der Waals surface area (Å²) in [4.78, 5) is 30.5. The average molecular weight is 419 g/mol. The maximum absolute atomic E-state index is 13.5. The molecule has 5 heteroatoms. The van der Waals surface area contributed by atoms with Gasteiger partial charge in [0, 0.05) is 13.1 Å². The molecule has 0 saturated carbocycles. The van der Waals surface area contributed by atoms with Crippen molar-refractivity contribution < 1.29 is 14.3 Å². The van der Waals surface area contributed by atoms with E-state index in [2.05, 4.69) is 18.7 Å². The van der Waals surface area contributed by atoms with Gasteiger partial charge in [0.2, 0.25) is 0 Å². The molecule has 2 aromatic rings. The highest BCUT2D eigenvalue weighted by atomic mass is 16.5. The minimum absolute atomic E-state index is 0.190. The van der Waals surface area contributed by atoms with E-state index in [0.29, 0.717) is 23.8 Å². The lowest BCUT2D eigenvalue weighted by Gasteiger charge is -2.32. The second-order valence-electron chi connectivity index (χ2n) is 8.45. The van der Waals surface area contributed by atoms with Crippen molar-refractivity contribution in [2.24, 2.45) is 5.92 Å². The quantitative estimate of drug-likeness (QED) is 0.622. The van der Waals surface area contributed by atoms with Gasteiger partial charge >= 0.3 is 0 Å². The minimum Gasteiger partial charge on any atom is -0.494 e. The fourth-order valence-electron chi connectivity index (χ4n) is 4.20. The molecule has 1 saturated heterocycles. The Bertz CT molecular complexity index is 958. The molecule has 2 aliphatic heterocycles. The van der Waals surface area contributed by atoms with E-state index in [1.807, 2.05) is 54.6 Å². The van der Waals surface area contributed by atoms with Crippen molar-refractivity contribution in [2.45, 2.75) is 39.7 Å². The molecular weight excluding hydrogens is 388 g/mol. The highest BCUT2D eigenvalue weighted by Gasteiger charge is 2.42.